The first-order valence-corrected chi connectivity index (χ1v) is 16.5. The SMILES string of the molecule is CC(C)(N)C(=O)N[C@H](COCc1ccccc1)C(=O)Nc1cn(C(C(=O)N2CCC(C(C#N)c3ccccc3)CC2)c2ccccc2)cn1.Cl.Cl. The summed E-state index contributed by atoms with van der Waals surface area (Å²) in [5.41, 5.74) is 7.47. The number of piperidine rings is 1. The third kappa shape index (κ3) is 10.9. The molecule has 11 nitrogen and oxygen atoms in total. The largest absolute Gasteiger partial charge is 0.374 e. The number of halogens is 2. The molecule has 3 amide bonds. The third-order valence-electron chi connectivity index (χ3n) is 8.72. The lowest BCUT2D eigenvalue weighted by molar-refractivity contribution is -0.135. The zero-order chi connectivity index (χ0) is 34.8. The predicted octanol–water partition coefficient (Wildman–Crippen LogP) is 5.24. The molecule has 4 N–H and O–H groups in total. The molecule has 3 aromatic carbocycles. The van der Waals surface area contributed by atoms with Gasteiger partial charge in [0.25, 0.3) is 5.91 Å². The predicted molar refractivity (Wildman–Crippen MR) is 200 cm³/mol. The van der Waals surface area contributed by atoms with Crippen LogP contribution < -0.4 is 16.4 Å². The summed E-state index contributed by atoms with van der Waals surface area (Å²) in [6.07, 6.45) is 4.55. The Balaban J connectivity index is 0.00000351. The Morgan fingerprint density at radius 1 is 0.941 bits per heavy atom. The van der Waals surface area contributed by atoms with Crippen LogP contribution in [0.4, 0.5) is 5.82 Å². The van der Waals surface area contributed by atoms with E-state index in [0.29, 0.717) is 25.9 Å². The van der Waals surface area contributed by atoms with Gasteiger partial charge in [0.2, 0.25) is 11.8 Å². The van der Waals surface area contributed by atoms with Gasteiger partial charge >= 0.3 is 0 Å². The van der Waals surface area contributed by atoms with E-state index in [1.807, 2.05) is 95.9 Å². The van der Waals surface area contributed by atoms with Gasteiger partial charge in [0, 0.05) is 19.3 Å². The summed E-state index contributed by atoms with van der Waals surface area (Å²) in [4.78, 5) is 46.6. The van der Waals surface area contributed by atoms with E-state index in [9.17, 15) is 19.6 Å². The van der Waals surface area contributed by atoms with E-state index in [1.54, 1.807) is 24.6 Å². The van der Waals surface area contributed by atoms with Crippen LogP contribution >= 0.6 is 24.8 Å². The van der Waals surface area contributed by atoms with Crippen molar-refractivity contribution >= 4 is 48.4 Å². The molecule has 0 saturated carbocycles. The Kier molecular flexibility index (Phi) is 15.2. The van der Waals surface area contributed by atoms with Crippen LogP contribution in [0.3, 0.4) is 0 Å². The van der Waals surface area contributed by atoms with Crippen LogP contribution in [0.15, 0.2) is 104 Å². The number of nitrogens with one attached hydrogen (secondary N) is 2. The second-order valence-corrected chi connectivity index (χ2v) is 12.9. The number of aromatic nitrogens is 2. The lowest BCUT2D eigenvalue weighted by atomic mass is 9.81. The van der Waals surface area contributed by atoms with Crippen molar-refractivity contribution in [2.45, 2.75) is 56.8 Å². The highest BCUT2D eigenvalue weighted by Gasteiger charge is 2.34. The standard InChI is InChI=1S/C38H43N7O4.2ClH/c1-38(2,40)37(48)42-32(25-49-24-27-12-6-3-7-13-27)35(46)43-33-23-45(26-41-33)34(30-16-10-5-11-17-30)36(47)44-20-18-29(19-21-44)31(22-39)28-14-8-4-9-15-28;;/h3-17,23,26,29,31-32,34H,18-21,24-25,40H2,1-2H3,(H,42,48)(H,43,46);2*1H/t31?,32-,34?;;/m1../s1. The van der Waals surface area contributed by atoms with Crippen molar-refractivity contribution in [3.63, 3.8) is 0 Å². The fourth-order valence-electron chi connectivity index (χ4n) is 5.97. The van der Waals surface area contributed by atoms with Crippen LogP contribution in [-0.4, -0.2) is 63.4 Å². The molecule has 1 fully saturated rings. The van der Waals surface area contributed by atoms with Crippen molar-refractivity contribution in [1.29, 1.82) is 5.26 Å². The zero-order valence-electron chi connectivity index (χ0n) is 28.7. The minimum absolute atomic E-state index is 0. The Morgan fingerprint density at radius 2 is 1.51 bits per heavy atom. The van der Waals surface area contributed by atoms with Crippen LogP contribution in [0.1, 0.15) is 55.3 Å². The van der Waals surface area contributed by atoms with Gasteiger partial charge < -0.3 is 30.6 Å². The van der Waals surface area contributed by atoms with Crippen LogP contribution in [0.5, 0.6) is 0 Å². The van der Waals surface area contributed by atoms with Gasteiger partial charge in [0.15, 0.2) is 5.82 Å². The van der Waals surface area contributed by atoms with E-state index in [2.05, 4.69) is 21.7 Å². The fraction of sp³-hybridized carbons (Fsp3) is 0.342. The quantitative estimate of drug-likeness (QED) is 0.170. The Hall–Kier alpha value is -4.73. The monoisotopic (exact) mass is 733 g/mol. The number of hydrogen-bond acceptors (Lipinski definition) is 7. The highest BCUT2D eigenvalue weighted by molar-refractivity contribution is 5.98. The van der Waals surface area contributed by atoms with Crippen LogP contribution in [0.2, 0.25) is 0 Å². The number of nitrogens with two attached hydrogens (primary N) is 1. The molecule has 1 aromatic heterocycles. The lowest BCUT2D eigenvalue weighted by Crippen LogP contribution is -2.56. The summed E-state index contributed by atoms with van der Waals surface area (Å²) in [6, 6.07) is 29.4. The van der Waals surface area contributed by atoms with Crippen LogP contribution in [0, 0.1) is 17.2 Å². The average Bonchev–Trinajstić information content (AvgIpc) is 3.57. The minimum atomic E-state index is -1.21. The van der Waals surface area contributed by atoms with E-state index >= 15 is 0 Å². The van der Waals surface area contributed by atoms with E-state index in [4.69, 9.17) is 10.5 Å². The van der Waals surface area contributed by atoms with E-state index in [-0.39, 0.29) is 61.6 Å². The first-order valence-electron chi connectivity index (χ1n) is 16.5. The molecule has 0 radical (unpaired) electrons. The number of nitrogens with zero attached hydrogens (tertiary/aromatic N) is 4. The zero-order valence-corrected chi connectivity index (χ0v) is 30.3. The van der Waals surface area contributed by atoms with Crippen molar-refractivity contribution in [1.82, 2.24) is 19.8 Å². The van der Waals surface area contributed by atoms with Crippen LogP contribution in [0.25, 0.3) is 0 Å². The first kappa shape index (κ1) is 40.7. The molecule has 0 bridgehead atoms. The molecular formula is C38H45Cl2N7O4. The molecule has 2 unspecified atom stereocenters. The molecule has 2 heterocycles. The van der Waals surface area contributed by atoms with Gasteiger partial charge in [-0.05, 0) is 49.3 Å². The molecule has 270 valence electrons. The van der Waals surface area contributed by atoms with Crippen molar-refractivity contribution in [2.75, 3.05) is 25.0 Å². The van der Waals surface area contributed by atoms with E-state index in [0.717, 1.165) is 16.7 Å². The second kappa shape index (κ2) is 19.0. The molecule has 1 aliphatic rings. The molecule has 5 rings (SSSR count). The fourth-order valence-corrected chi connectivity index (χ4v) is 5.97. The van der Waals surface area contributed by atoms with Crippen molar-refractivity contribution in [2.24, 2.45) is 11.7 Å². The molecule has 13 heteroatoms. The number of anilines is 1. The summed E-state index contributed by atoms with van der Waals surface area (Å²) >= 11 is 0. The lowest BCUT2D eigenvalue weighted by Gasteiger charge is -2.36. The van der Waals surface area contributed by atoms with Gasteiger partial charge in [0.1, 0.15) is 12.1 Å². The van der Waals surface area contributed by atoms with Gasteiger partial charge in [-0.15, -0.1) is 24.8 Å². The van der Waals surface area contributed by atoms with Crippen molar-refractivity contribution in [3.8, 4) is 6.07 Å². The number of amides is 3. The van der Waals surface area contributed by atoms with Gasteiger partial charge in [-0.2, -0.15) is 5.26 Å². The maximum absolute atomic E-state index is 14.2. The number of carbonyl (C=O) groups excluding carboxylic acids is 3. The number of benzene rings is 3. The summed E-state index contributed by atoms with van der Waals surface area (Å²) in [6.45, 7) is 4.32. The third-order valence-corrected chi connectivity index (χ3v) is 8.72. The van der Waals surface area contributed by atoms with E-state index < -0.39 is 29.4 Å². The Morgan fingerprint density at radius 3 is 2.08 bits per heavy atom. The molecular weight excluding hydrogens is 689 g/mol. The highest BCUT2D eigenvalue weighted by atomic mass is 35.5. The van der Waals surface area contributed by atoms with Gasteiger partial charge in [-0.25, -0.2) is 4.98 Å². The number of likely N-dealkylation sites (tertiary alicyclic amines) is 1. The second-order valence-electron chi connectivity index (χ2n) is 12.9. The molecule has 51 heavy (non-hydrogen) atoms. The number of imidazole rings is 1. The van der Waals surface area contributed by atoms with Crippen molar-refractivity contribution in [3.05, 3.63) is 120 Å². The number of hydrogen-bond donors (Lipinski definition) is 3. The minimum Gasteiger partial charge on any atom is -0.374 e. The summed E-state index contributed by atoms with van der Waals surface area (Å²) < 4.78 is 7.48. The molecule has 0 aliphatic carbocycles. The smallest absolute Gasteiger partial charge is 0.250 e. The molecule has 1 aliphatic heterocycles. The van der Waals surface area contributed by atoms with Crippen LogP contribution in [-0.2, 0) is 25.7 Å². The maximum Gasteiger partial charge on any atom is 0.250 e. The number of carbonyl (C=O) groups is 3. The van der Waals surface area contributed by atoms with Gasteiger partial charge in [-0.1, -0.05) is 91.0 Å². The number of ether oxygens (including phenoxy) is 1. The first-order chi connectivity index (χ1) is 23.6. The number of rotatable bonds is 13. The Bertz CT molecular complexity index is 1740. The summed E-state index contributed by atoms with van der Waals surface area (Å²) in [5, 5.41) is 15.4. The molecule has 1 saturated heterocycles. The normalized spacial score (nSPS) is 14.8. The molecule has 3 atom stereocenters. The Labute approximate surface area is 311 Å². The maximum atomic E-state index is 14.2. The number of nitriles is 1. The highest BCUT2D eigenvalue weighted by Crippen LogP contribution is 2.33. The summed E-state index contributed by atoms with van der Waals surface area (Å²) in [7, 11) is 0. The molecule has 0 spiro atoms. The molecule has 4 aromatic rings. The summed E-state index contributed by atoms with van der Waals surface area (Å²) in [5.74, 6) is -1.01. The van der Waals surface area contributed by atoms with Gasteiger partial charge in [-0.3, -0.25) is 14.4 Å². The van der Waals surface area contributed by atoms with Gasteiger partial charge in [0.05, 0.1) is 37.1 Å². The average molecular weight is 735 g/mol. The van der Waals surface area contributed by atoms with E-state index in [1.165, 1.54) is 6.33 Å². The van der Waals surface area contributed by atoms with Crippen molar-refractivity contribution < 1.29 is 19.1 Å². The topological polar surface area (TPSA) is 155 Å².